The minimum atomic E-state index is -3.72. The number of nitrogen functional groups attached to an aromatic ring is 1. The average molecular weight is 281 g/mol. The number of sulfonamides is 1. The first-order chi connectivity index (χ1) is 8.92. The smallest absolute Gasteiger partial charge is 0.282 e. The minimum absolute atomic E-state index is 0.0227. The average Bonchev–Trinajstić information content (AvgIpc) is 2.74. The van der Waals surface area contributed by atoms with Crippen molar-refractivity contribution in [3.05, 3.63) is 30.4 Å². The summed E-state index contributed by atoms with van der Waals surface area (Å²) in [5.41, 5.74) is 5.95. The van der Waals surface area contributed by atoms with Crippen LogP contribution in [0.2, 0.25) is 0 Å². The van der Waals surface area contributed by atoms with Crippen LogP contribution in [0.25, 0.3) is 0 Å². The number of imidazole rings is 1. The van der Waals surface area contributed by atoms with Gasteiger partial charge in [0.25, 0.3) is 10.0 Å². The van der Waals surface area contributed by atoms with Crippen molar-refractivity contribution in [2.75, 3.05) is 10.5 Å². The number of hydrogen-bond acceptors (Lipinski definition) is 5. The molecule has 2 aromatic rings. The van der Waals surface area contributed by atoms with Crippen LogP contribution in [0.4, 0.5) is 11.5 Å². The zero-order valence-corrected chi connectivity index (χ0v) is 11.5. The molecule has 0 saturated heterocycles. The highest BCUT2D eigenvalue weighted by molar-refractivity contribution is 7.92. The lowest BCUT2D eigenvalue weighted by Gasteiger charge is -2.04. The summed E-state index contributed by atoms with van der Waals surface area (Å²) in [5.74, 6) is 0.853. The predicted octanol–water partition coefficient (Wildman–Crippen LogP) is 0.989. The van der Waals surface area contributed by atoms with Gasteiger partial charge in [-0.3, -0.25) is 4.72 Å². The fourth-order valence-electron chi connectivity index (χ4n) is 1.58. The van der Waals surface area contributed by atoms with E-state index in [0.717, 1.165) is 0 Å². The topological polar surface area (TPSA) is 103 Å². The molecule has 0 radical (unpaired) electrons. The van der Waals surface area contributed by atoms with Gasteiger partial charge in [0.05, 0.1) is 11.9 Å². The second-order valence-corrected chi connectivity index (χ2v) is 5.62. The third-order valence-electron chi connectivity index (χ3n) is 2.60. The fraction of sp³-hybridized carbons (Fsp3) is 0.273. The van der Waals surface area contributed by atoms with Gasteiger partial charge < -0.3 is 10.3 Å². The zero-order valence-electron chi connectivity index (χ0n) is 10.7. The molecule has 19 heavy (non-hydrogen) atoms. The number of pyridine rings is 1. The lowest BCUT2D eigenvalue weighted by Crippen LogP contribution is -2.14. The van der Waals surface area contributed by atoms with E-state index >= 15 is 0 Å². The summed E-state index contributed by atoms with van der Waals surface area (Å²) in [6.45, 7) is 4.33. The van der Waals surface area contributed by atoms with E-state index in [1.54, 1.807) is 17.6 Å². The molecule has 2 rings (SSSR count). The minimum Gasteiger partial charge on any atom is -0.397 e. The monoisotopic (exact) mass is 281 g/mol. The SMILES string of the molecule is CCn1cc(S(=O)(=O)Nc2ccc(N)cn2)nc1C. The Hall–Kier alpha value is -2.09. The van der Waals surface area contributed by atoms with Crippen molar-refractivity contribution >= 4 is 21.5 Å². The van der Waals surface area contributed by atoms with Crippen LogP contribution in [-0.4, -0.2) is 23.0 Å². The number of anilines is 2. The Morgan fingerprint density at radius 3 is 2.68 bits per heavy atom. The Bertz CT molecular complexity index is 676. The number of nitrogens with one attached hydrogen (secondary N) is 1. The van der Waals surface area contributed by atoms with Crippen molar-refractivity contribution in [1.82, 2.24) is 14.5 Å². The number of nitrogens with two attached hydrogens (primary N) is 1. The molecule has 0 aromatic carbocycles. The highest BCUT2D eigenvalue weighted by Gasteiger charge is 2.19. The van der Waals surface area contributed by atoms with Crippen LogP contribution in [0, 0.1) is 6.92 Å². The molecule has 0 fully saturated rings. The lowest BCUT2D eigenvalue weighted by molar-refractivity contribution is 0.597. The molecule has 2 heterocycles. The van der Waals surface area contributed by atoms with E-state index in [2.05, 4.69) is 14.7 Å². The first-order valence-electron chi connectivity index (χ1n) is 5.70. The van der Waals surface area contributed by atoms with Crippen molar-refractivity contribution < 1.29 is 8.42 Å². The van der Waals surface area contributed by atoms with Crippen molar-refractivity contribution in [3.63, 3.8) is 0 Å². The van der Waals surface area contributed by atoms with Crippen molar-refractivity contribution in [2.24, 2.45) is 0 Å². The van der Waals surface area contributed by atoms with Gasteiger partial charge in [-0.1, -0.05) is 0 Å². The predicted molar refractivity (Wildman–Crippen MR) is 72.1 cm³/mol. The van der Waals surface area contributed by atoms with Crippen LogP contribution in [0.3, 0.4) is 0 Å². The van der Waals surface area contributed by atoms with Crippen LogP contribution >= 0.6 is 0 Å². The Balaban J connectivity index is 2.29. The van der Waals surface area contributed by atoms with Crippen molar-refractivity contribution in [2.45, 2.75) is 25.4 Å². The van der Waals surface area contributed by atoms with Gasteiger partial charge in [0.2, 0.25) is 0 Å². The van der Waals surface area contributed by atoms with Gasteiger partial charge in [-0.2, -0.15) is 8.42 Å². The highest BCUT2D eigenvalue weighted by Crippen LogP contribution is 2.14. The summed E-state index contributed by atoms with van der Waals surface area (Å²) in [4.78, 5) is 7.92. The zero-order chi connectivity index (χ0) is 14.0. The van der Waals surface area contributed by atoms with Gasteiger partial charge in [-0.25, -0.2) is 9.97 Å². The second kappa shape index (κ2) is 4.88. The largest absolute Gasteiger partial charge is 0.397 e. The van der Waals surface area contributed by atoms with Crippen molar-refractivity contribution in [3.8, 4) is 0 Å². The van der Waals surface area contributed by atoms with E-state index in [4.69, 9.17) is 5.73 Å². The molecule has 0 aliphatic carbocycles. The highest BCUT2D eigenvalue weighted by atomic mass is 32.2. The third-order valence-corrected chi connectivity index (χ3v) is 3.82. The van der Waals surface area contributed by atoms with E-state index < -0.39 is 10.0 Å². The van der Waals surface area contributed by atoms with Crippen molar-refractivity contribution in [1.29, 1.82) is 0 Å². The molecule has 7 nitrogen and oxygen atoms in total. The van der Waals surface area contributed by atoms with E-state index in [0.29, 0.717) is 18.1 Å². The summed E-state index contributed by atoms with van der Waals surface area (Å²) >= 11 is 0. The van der Waals surface area contributed by atoms with Gasteiger partial charge in [-0.05, 0) is 26.0 Å². The van der Waals surface area contributed by atoms with E-state index in [9.17, 15) is 8.42 Å². The van der Waals surface area contributed by atoms with Crippen LogP contribution < -0.4 is 10.5 Å². The Labute approximate surface area is 111 Å². The van der Waals surface area contributed by atoms with E-state index in [-0.39, 0.29) is 10.8 Å². The van der Waals surface area contributed by atoms with Gasteiger partial charge in [0, 0.05) is 12.7 Å². The number of aryl methyl sites for hydroxylation is 2. The van der Waals surface area contributed by atoms with E-state index in [1.165, 1.54) is 18.5 Å². The number of hydrogen-bond donors (Lipinski definition) is 2. The van der Waals surface area contributed by atoms with Crippen LogP contribution in [0.15, 0.2) is 29.6 Å². The molecular weight excluding hydrogens is 266 g/mol. The normalized spacial score (nSPS) is 11.5. The van der Waals surface area contributed by atoms with Crippen LogP contribution in [0.1, 0.15) is 12.7 Å². The molecule has 0 atom stereocenters. The number of aromatic nitrogens is 3. The maximum absolute atomic E-state index is 12.1. The summed E-state index contributed by atoms with van der Waals surface area (Å²) in [6.07, 6.45) is 2.88. The molecule has 0 spiro atoms. The molecule has 0 bridgehead atoms. The quantitative estimate of drug-likeness (QED) is 0.870. The summed E-state index contributed by atoms with van der Waals surface area (Å²) in [7, 11) is -3.72. The molecule has 0 aliphatic rings. The maximum atomic E-state index is 12.1. The van der Waals surface area contributed by atoms with Gasteiger partial charge >= 0.3 is 0 Å². The Morgan fingerprint density at radius 1 is 1.42 bits per heavy atom. The molecule has 0 saturated carbocycles. The van der Waals surface area contributed by atoms with Crippen LogP contribution in [0.5, 0.6) is 0 Å². The third kappa shape index (κ3) is 2.84. The maximum Gasteiger partial charge on any atom is 0.282 e. The lowest BCUT2D eigenvalue weighted by atomic mass is 10.4. The molecule has 0 amide bonds. The number of nitrogens with zero attached hydrogens (tertiary/aromatic N) is 3. The van der Waals surface area contributed by atoms with Gasteiger partial charge in [0.15, 0.2) is 5.03 Å². The molecular formula is C11H15N5O2S. The molecule has 2 aromatic heterocycles. The Kier molecular flexibility index (Phi) is 3.43. The summed E-state index contributed by atoms with van der Waals surface area (Å²) in [6, 6.07) is 3.07. The van der Waals surface area contributed by atoms with Gasteiger partial charge in [0.1, 0.15) is 11.6 Å². The first-order valence-corrected chi connectivity index (χ1v) is 7.19. The Morgan fingerprint density at radius 2 is 2.16 bits per heavy atom. The molecule has 102 valence electrons. The molecule has 0 aliphatic heterocycles. The second-order valence-electron chi connectivity index (χ2n) is 3.99. The standard InChI is InChI=1S/C11H15N5O2S/c1-3-16-7-11(14-8(16)2)19(17,18)15-10-5-4-9(12)6-13-10/h4-7H,3,12H2,1-2H3,(H,13,15). The van der Waals surface area contributed by atoms with E-state index in [1.807, 2.05) is 6.92 Å². The summed E-state index contributed by atoms with van der Waals surface area (Å²) in [5, 5.41) is -0.0227. The summed E-state index contributed by atoms with van der Waals surface area (Å²) < 4.78 is 28.3. The fourth-order valence-corrected chi connectivity index (χ4v) is 2.60. The van der Waals surface area contributed by atoms with Crippen LogP contribution in [-0.2, 0) is 16.6 Å². The molecule has 0 unspecified atom stereocenters. The first kappa shape index (κ1) is 13.3. The molecule has 8 heteroatoms. The number of rotatable bonds is 4. The van der Waals surface area contributed by atoms with Gasteiger partial charge in [-0.15, -0.1) is 0 Å². The molecule has 3 N–H and O–H groups in total.